The molecule has 0 rings (SSSR count). The predicted molar refractivity (Wildman–Crippen MR) is 256 cm³/mol. The van der Waals surface area contributed by atoms with Gasteiger partial charge in [-0.15, -0.1) is 0 Å². The summed E-state index contributed by atoms with van der Waals surface area (Å²) in [7, 11) is 0. The van der Waals surface area contributed by atoms with Crippen LogP contribution >= 0.6 is 0 Å². The molecule has 0 amide bonds. The van der Waals surface area contributed by atoms with Crippen molar-refractivity contribution in [1.82, 2.24) is 0 Å². The quantitative estimate of drug-likeness (QED) is 0.0369. The monoisotopic (exact) mass is 901 g/mol. The molecule has 0 unspecified atom stereocenters. The first kappa shape index (κ1) is 65.8. The third-order valence-electron chi connectivity index (χ3n) is 11.1. The molecular weight excluding hydrogens is 800 g/mol. The zero-order valence-electron chi connectivity index (χ0n) is 40.5. The van der Waals surface area contributed by atoms with Gasteiger partial charge in [-0.1, -0.05) is 269 Å². The van der Waals surface area contributed by atoms with Gasteiger partial charge >= 0.3 is 23.0 Å². The summed E-state index contributed by atoms with van der Waals surface area (Å²) in [6.45, 7) is 6.74. The number of allylic oxidation sites excluding steroid dienone is 6. The number of unbranched alkanes of at least 4 members (excludes halogenated alkanes) is 35. The van der Waals surface area contributed by atoms with Crippen LogP contribution in [0.3, 0.4) is 0 Å². The van der Waals surface area contributed by atoms with E-state index in [1.807, 2.05) is 0 Å². The topological polar surface area (TPSA) is 118 Å². The van der Waals surface area contributed by atoms with Gasteiger partial charge in [-0.25, -0.2) is 0 Å². The minimum Gasteiger partial charge on any atom is -0.550 e. The number of carbonyl (C=O) groups is 3. The van der Waals surface area contributed by atoms with Gasteiger partial charge in [0.2, 0.25) is 0 Å². The maximum Gasteiger partial charge on any atom is 2.00 e. The molecule has 0 aliphatic heterocycles. The van der Waals surface area contributed by atoms with Crippen molar-refractivity contribution in [3.8, 4) is 0 Å². The summed E-state index contributed by atoms with van der Waals surface area (Å²) in [5.74, 6) is -2.48. The first-order valence-corrected chi connectivity index (χ1v) is 25.9. The maximum atomic E-state index is 10.3. The van der Waals surface area contributed by atoms with Crippen LogP contribution < -0.4 is 10.2 Å². The van der Waals surface area contributed by atoms with Gasteiger partial charge in [-0.3, -0.25) is 4.79 Å². The standard InChI is InChI=1S/2C18H36O2.C18H30O2.Fe/c3*1-2-3-4-5-6-7-8-9-10-11-12-13-14-15-16-17-18(19)20;/h2*2-17H2,1H3,(H,19,20);5-10H,2-4,11-17H2,1H3,(H,19,20);/q;;;+2/p-2. The smallest absolute Gasteiger partial charge is 0.550 e. The Kier molecular flexibility index (Phi) is 67.3. The Morgan fingerprint density at radius 1 is 0.328 bits per heavy atom. The van der Waals surface area contributed by atoms with Crippen LogP contribution in [-0.4, -0.2) is 23.0 Å². The van der Waals surface area contributed by atoms with E-state index in [4.69, 9.17) is 5.11 Å². The average molecular weight is 901 g/mol. The van der Waals surface area contributed by atoms with E-state index < -0.39 is 17.9 Å². The molecule has 0 fully saturated rings. The van der Waals surface area contributed by atoms with Crippen molar-refractivity contribution in [3.63, 3.8) is 0 Å². The van der Waals surface area contributed by atoms with Crippen molar-refractivity contribution in [3.05, 3.63) is 36.5 Å². The number of carbonyl (C=O) groups excluding carboxylic acids is 2. The van der Waals surface area contributed by atoms with Gasteiger partial charge in [0.25, 0.3) is 0 Å². The summed E-state index contributed by atoms with van der Waals surface area (Å²) in [5, 5.41) is 28.9. The second-order valence-electron chi connectivity index (χ2n) is 17.2. The fraction of sp³-hybridized carbons (Fsp3) is 0.833. The van der Waals surface area contributed by atoms with Crippen LogP contribution in [0.25, 0.3) is 0 Å². The van der Waals surface area contributed by atoms with Crippen LogP contribution in [0.4, 0.5) is 0 Å². The Morgan fingerprint density at radius 2 is 0.557 bits per heavy atom. The van der Waals surface area contributed by atoms with Crippen LogP contribution in [0, 0.1) is 0 Å². The van der Waals surface area contributed by atoms with E-state index in [0.29, 0.717) is 6.42 Å². The molecule has 0 aliphatic carbocycles. The van der Waals surface area contributed by atoms with Crippen molar-refractivity contribution in [2.24, 2.45) is 0 Å². The zero-order valence-corrected chi connectivity index (χ0v) is 41.6. The van der Waals surface area contributed by atoms with Gasteiger partial charge in [0.15, 0.2) is 0 Å². The van der Waals surface area contributed by atoms with Gasteiger partial charge < -0.3 is 24.9 Å². The predicted octanol–water partition coefficient (Wildman–Crippen LogP) is 15.7. The van der Waals surface area contributed by atoms with Crippen molar-refractivity contribution < 1.29 is 46.8 Å². The molecule has 6 nitrogen and oxygen atoms in total. The molecule has 7 heteroatoms. The van der Waals surface area contributed by atoms with E-state index in [1.54, 1.807) is 0 Å². The van der Waals surface area contributed by atoms with Crippen LogP contribution in [-0.2, 0) is 31.5 Å². The Bertz CT molecular complexity index is 902. The molecule has 0 spiro atoms. The summed E-state index contributed by atoms with van der Waals surface area (Å²) in [4.78, 5) is 30.8. The van der Waals surface area contributed by atoms with Crippen molar-refractivity contribution in [1.29, 1.82) is 0 Å². The van der Waals surface area contributed by atoms with Gasteiger partial charge in [-0.2, -0.15) is 0 Å². The molecule has 0 atom stereocenters. The van der Waals surface area contributed by atoms with Gasteiger partial charge in [0.05, 0.1) is 0 Å². The van der Waals surface area contributed by atoms with E-state index in [-0.39, 0.29) is 29.9 Å². The molecule has 0 radical (unpaired) electrons. The number of aliphatic carboxylic acids is 3. The van der Waals surface area contributed by atoms with E-state index in [0.717, 1.165) is 51.4 Å². The summed E-state index contributed by atoms with van der Waals surface area (Å²) >= 11 is 0. The normalized spacial score (nSPS) is 11.1. The molecule has 0 saturated heterocycles. The van der Waals surface area contributed by atoms with E-state index in [9.17, 15) is 24.6 Å². The second-order valence-corrected chi connectivity index (χ2v) is 17.2. The van der Waals surface area contributed by atoms with E-state index >= 15 is 0 Å². The fourth-order valence-electron chi connectivity index (χ4n) is 7.15. The SMILES string of the molecule is CCCCC=CC=CC=CCCCCCCCC(=O)O.CCCCCCCCCCCCCCCCCC(=O)[O-].CCCCCCCCCCCCCCCCCC(=O)[O-].[Fe+2]. The molecule has 0 aromatic heterocycles. The Morgan fingerprint density at radius 3 is 0.820 bits per heavy atom. The third kappa shape index (κ3) is 75.9. The molecule has 1 N–H and O–H groups in total. The first-order chi connectivity index (χ1) is 29.3. The Balaban J connectivity index is -0.000000396. The van der Waals surface area contributed by atoms with Crippen LogP contribution in [0.2, 0.25) is 0 Å². The molecule has 360 valence electrons. The first-order valence-electron chi connectivity index (χ1n) is 25.9. The average Bonchev–Trinajstić information content (AvgIpc) is 3.22. The van der Waals surface area contributed by atoms with Crippen LogP contribution in [0.5, 0.6) is 0 Å². The van der Waals surface area contributed by atoms with Crippen LogP contribution in [0.15, 0.2) is 36.5 Å². The van der Waals surface area contributed by atoms with Crippen LogP contribution in [0.1, 0.15) is 290 Å². The van der Waals surface area contributed by atoms with Crippen molar-refractivity contribution in [2.75, 3.05) is 0 Å². The Labute approximate surface area is 389 Å². The molecular formula is C54H100FeO6. The van der Waals surface area contributed by atoms with Gasteiger partial charge in [0, 0.05) is 18.4 Å². The van der Waals surface area contributed by atoms with Crippen molar-refractivity contribution in [2.45, 2.75) is 290 Å². The second kappa shape index (κ2) is 62.4. The van der Waals surface area contributed by atoms with Crippen molar-refractivity contribution >= 4 is 17.9 Å². The van der Waals surface area contributed by atoms with Gasteiger partial charge in [0.1, 0.15) is 0 Å². The number of hydrogen-bond donors (Lipinski definition) is 1. The third-order valence-corrected chi connectivity index (χ3v) is 11.1. The zero-order chi connectivity index (χ0) is 44.7. The van der Waals surface area contributed by atoms with E-state index in [2.05, 4.69) is 57.2 Å². The summed E-state index contributed by atoms with van der Waals surface area (Å²) in [6, 6.07) is 0. The summed E-state index contributed by atoms with van der Waals surface area (Å²) < 4.78 is 0. The Hall–Kier alpha value is -1.85. The molecule has 0 saturated carbocycles. The number of rotatable bonds is 45. The minimum absolute atomic E-state index is 0. The molecule has 61 heavy (non-hydrogen) atoms. The number of hydrogen-bond acceptors (Lipinski definition) is 5. The minimum atomic E-state index is -0.903. The van der Waals surface area contributed by atoms with Gasteiger partial charge in [-0.05, 0) is 51.4 Å². The summed E-state index contributed by atoms with van der Waals surface area (Å²) in [6.07, 6.45) is 63.0. The molecule has 0 aliphatic rings. The fourth-order valence-corrected chi connectivity index (χ4v) is 7.15. The molecule has 0 aromatic rings. The number of carboxylic acids is 3. The van der Waals surface area contributed by atoms with E-state index in [1.165, 1.54) is 199 Å². The summed E-state index contributed by atoms with van der Waals surface area (Å²) in [5.41, 5.74) is 0. The molecule has 0 heterocycles. The molecule has 0 aromatic carbocycles. The maximum absolute atomic E-state index is 10.3. The molecule has 0 bridgehead atoms. The largest absolute Gasteiger partial charge is 2.00 e. The number of carboxylic acid groups (broad SMARTS) is 3.